The van der Waals surface area contributed by atoms with Gasteiger partial charge in [0.25, 0.3) is 0 Å². The third-order valence-electron chi connectivity index (χ3n) is 4.01. The first-order chi connectivity index (χ1) is 11.8. The summed E-state index contributed by atoms with van der Waals surface area (Å²) in [5, 5.41) is 6.56. The number of rotatable bonds is 10. The molecular weight excluding hydrogens is 461 g/mol. The van der Waals surface area contributed by atoms with Gasteiger partial charge in [0, 0.05) is 19.6 Å². The largest absolute Gasteiger partial charge is 0.356 e. The normalized spacial score (nSPS) is 13.2. The Morgan fingerprint density at radius 2 is 1.73 bits per heavy atom. The van der Waals surface area contributed by atoms with Gasteiger partial charge in [0.2, 0.25) is 0 Å². The van der Waals surface area contributed by atoms with Crippen LogP contribution in [-0.4, -0.2) is 39.8 Å². The topological polar surface area (TPSA) is 70.6 Å². The number of benzene rings is 1. The van der Waals surface area contributed by atoms with Gasteiger partial charge in [-0.15, -0.1) is 24.0 Å². The fourth-order valence-corrected chi connectivity index (χ4v) is 3.88. The van der Waals surface area contributed by atoms with Crippen LogP contribution in [-0.2, 0) is 9.84 Å². The molecule has 26 heavy (non-hydrogen) atoms. The van der Waals surface area contributed by atoms with Crippen LogP contribution in [0.3, 0.4) is 0 Å². The van der Waals surface area contributed by atoms with Crippen molar-refractivity contribution in [2.45, 2.75) is 57.4 Å². The van der Waals surface area contributed by atoms with Crippen LogP contribution < -0.4 is 10.6 Å². The summed E-state index contributed by atoms with van der Waals surface area (Å²) in [4.78, 5) is 4.59. The Labute approximate surface area is 176 Å². The van der Waals surface area contributed by atoms with Crippen LogP contribution in [0.5, 0.6) is 0 Å². The van der Waals surface area contributed by atoms with Crippen LogP contribution in [0.25, 0.3) is 0 Å². The first-order valence-corrected chi connectivity index (χ1v) is 10.8. The highest BCUT2D eigenvalue weighted by atomic mass is 127. The molecule has 0 aliphatic carbocycles. The minimum Gasteiger partial charge on any atom is -0.356 e. The molecule has 5 nitrogen and oxygen atoms in total. The Balaban J connectivity index is 0.00000625. The molecule has 0 spiro atoms. The number of aliphatic imine (C=N–C) groups is 1. The molecule has 0 amide bonds. The molecule has 1 aromatic carbocycles. The molecule has 0 aliphatic rings. The van der Waals surface area contributed by atoms with Gasteiger partial charge in [0.1, 0.15) is 0 Å². The monoisotopic (exact) mass is 495 g/mol. The molecule has 150 valence electrons. The van der Waals surface area contributed by atoms with Crippen LogP contribution in [0, 0.1) is 5.92 Å². The maximum absolute atomic E-state index is 12.2. The molecule has 7 heteroatoms. The Bertz CT molecular complexity index is 619. The van der Waals surface area contributed by atoms with Crippen molar-refractivity contribution in [1.82, 2.24) is 10.6 Å². The Hall–Kier alpha value is -0.830. The van der Waals surface area contributed by atoms with E-state index in [1.54, 1.807) is 31.3 Å². The molecule has 1 aromatic rings. The van der Waals surface area contributed by atoms with E-state index in [1.165, 1.54) is 12.8 Å². The third-order valence-corrected chi connectivity index (χ3v) is 5.83. The summed E-state index contributed by atoms with van der Waals surface area (Å²) in [6.45, 7) is 7.20. The number of nitrogens with one attached hydrogen (secondary N) is 2. The molecule has 1 atom stereocenters. The lowest BCUT2D eigenvalue weighted by atomic mass is 10.0. The lowest BCUT2D eigenvalue weighted by molar-refractivity contribution is 0.491. The Kier molecular flexibility index (Phi) is 12.9. The second-order valence-corrected chi connectivity index (χ2v) is 8.96. The standard InChI is InChI=1S/C19H33N3O2S.HI/c1-16(2)10-8-11-17(3)22-19(20-4)21-14-9-15-25(23,24)18-12-6-5-7-13-18;/h5-7,12-13,16-17H,8-11,14-15H2,1-4H3,(H2,20,21,22);1H. The predicted molar refractivity (Wildman–Crippen MR) is 121 cm³/mol. The lowest BCUT2D eigenvalue weighted by Crippen LogP contribution is -2.42. The maximum atomic E-state index is 12.2. The third kappa shape index (κ3) is 10.4. The van der Waals surface area contributed by atoms with Crippen molar-refractivity contribution in [3.63, 3.8) is 0 Å². The molecule has 0 aliphatic heterocycles. The first-order valence-electron chi connectivity index (χ1n) is 9.10. The first kappa shape index (κ1) is 25.2. The van der Waals surface area contributed by atoms with Crippen LogP contribution in [0.2, 0.25) is 0 Å². The van der Waals surface area contributed by atoms with Crippen molar-refractivity contribution < 1.29 is 8.42 Å². The van der Waals surface area contributed by atoms with Crippen molar-refractivity contribution in [2.75, 3.05) is 19.3 Å². The van der Waals surface area contributed by atoms with Gasteiger partial charge in [0.15, 0.2) is 15.8 Å². The van der Waals surface area contributed by atoms with Gasteiger partial charge in [-0.25, -0.2) is 8.42 Å². The summed E-state index contributed by atoms with van der Waals surface area (Å²) >= 11 is 0. The lowest BCUT2D eigenvalue weighted by Gasteiger charge is -2.18. The highest BCUT2D eigenvalue weighted by molar-refractivity contribution is 14.0. The summed E-state index contributed by atoms with van der Waals surface area (Å²) in [5.41, 5.74) is 0. The summed E-state index contributed by atoms with van der Waals surface area (Å²) in [6, 6.07) is 8.94. The van der Waals surface area contributed by atoms with Crippen molar-refractivity contribution in [2.24, 2.45) is 10.9 Å². The van der Waals surface area contributed by atoms with Gasteiger partial charge in [-0.1, -0.05) is 44.9 Å². The van der Waals surface area contributed by atoms with Gasteiger partial charge in [-0.05, 0) is 37.8 Å². The van der Waals surface area contributed by atoms with Crippen molar-refractivity contribution in [1.29, 1.82) is 0 Å². The molecule has 0 saturated carbocycles. The fourth-order valence-electron chi connectivity index (χ4n) is 2.55. The van der Waals surface area contributed by atoms with E-state index in [0.717, 1.165) is 18.3 Å². The molecule has 0 heterocycles. The quantitative estimate of drug-likeness (QED) is 0.224. The number of sulfone groups is 1. The van der Waals surface area contributed by atoms with E-state index in [-0.39, 0.29) is 29.7 Å². The molecule has 0 radical (unpaired) electrons. The van der Waals surface area contributed by atoms with E-state index in [0.29, 0.717) is 23.9 Å². The van der Waals surface area contributed by atoms with E-state index in [4.69, 9.17) is 0 Å². The van der Waals surface area contributed by atoms with Gasteiger partial charge >= 0.3 is 0 Å². The number of halogens is 1. The van der Waals surface area contributed by atoms with Gasteiger partial charge in [-0.3, -0.25) is 4.99 Å². The minimum atomic E-state index is -3.21. The van der Waals surface area contributed by atoms with Crippen LogP contribution in [0.1, 0.15) is 46.5 Å². The number of guanidine groups is 1. The molecule has 0 aromatic heterocycles. The van der Waals surface area contributed by atoms with Crippen molar-refractivity contribution in [3.05, 3.63) is 30.3 Å². The average molecular weight is 495 g/mol. The van der Waals surface area contributed by atoms with Gasteiger partial charge < -0.3 is 10.6 Å². The van der Waals surface area contributed by atoms with E-state index < -0.39 is 9.84 Å². The van der Waals surface area contributed by atoms with E-state index >= 15 is 0 Å². The van der Waals surface area contributed by atoms with E-state index in [9.17, 15) is 8.42 Å². The predicted octanol–water partition coefficient (Wildman–Crippen LogP) is 3.85. The Morgan fingerprint density at radius 1 is 1.08 bits per heavy atom. The molecule has 1 rings (SSSR count). The molecular formula is C19H34IN3O2S. The summed E-state index contributed by atoms with van der Waals surface area (Å²) in [7, 11) is -1.48. The summed E-state index contributed by atoms with van der Waals surface area (Å²) in [6.07, 6.45) is 4.06. The van der Waals surface area contributed by atoms with Crippen LogP contribution >= 0.6 is 24.0 Å². The second kappa shape index (κ2) is 13.4. The zero-order valence-electron chi connectivity index (χ0n) is 16.4. The summed E-state index contributed by atoms with van der Waals surface area (Å²) in [5.74, 6) is 1.59. The minimum absolute atomic E-state index is 0. The molecule has 0 saturated heterocycles. The van der Waals surface area contributed by atoms with Crippen LogP contribution in [0.15, 0.2) is 40.2 Å². The molecule has 1 unspecified atom stereocenters. The molecule has 0 fully saturated rings. The Morgan fingerprint density at radius 3 is 2.31 bits per heavy atom. The molecule has 0 bridgehead atoms. The smallest absolute Gasteiger partial charge is 0.191 e. The van der Waals surface area contributed by atoms with E-state index in [2.05, 4.69) is 36.4 Å². The van der Waals surface area contributed by atoms with Crippen molar-refractivity contribution >= 4 is 39.8 Å². The average Bonchev–Trinajstić information content (AvgIpc) is 2.58. The maximum Gasteiger partial charge on any atom is 0.191 e. The molecule has 2 N–H and O–H groups in total. The highest BCUT2D eigenvalue weighted by Gasteiger charge is 2.13. The van der Waals surface area contributed by atoms with E-state index in [1.807, 2.05) is 6.07 Å². The highest BCUT2D eigenvalue weighted by Crippen LogP contribution is 2.11. The fraction of sp³-hybridized carbons (Fsp3) is 0.632. The number of hydrogen-bond acceptors (Lipinski definition) is 3. The number of nitrogens with zero attached hydrogens (tertiary/aromatic N) is 1. The second-order valence-electron chi connectivity index (χ2n) is 6.85. The number of hydrogen-bond donors (Lipinski definition) is 2. The zero-order chi connectivity index (χ0) is 18.7. The van der Waals surface area contributed by atoms with Gasteiger partial charge in [0.05, 0.1) is 10.6 Å². The van der Waals surface area contributed by atoms with Crippen molar-refractivity contribution in [3.8, 4) is 0 Å². The van der Waals surface area contributed by atoms with Crippen LogP contribution in [0.4, 0.5) is 0 Å². The SMILES string of the molecule is CN=C(NCCCS(=O)(=O)c1ccccc1)NC(C)CCCC(C)C.I. The van der Waals surface area contributed by atoms with Gasteiger partial charge in [-0.2, -0.15) is 0 Å². The summed E-state index contributed by atoms with van der Waals surface area (Å²) < 4.78 is 24.4. The zero-order valence-corrected chi connectivity index (χ0v) is 19.5.